The molecule has 1 aliphatic heterocycles. The van der Waals surface area contributed by atoms with Crippen LogP contribution in [0.2, 0.25) is 0 Å². The number of rotatable bonds is 4. The predicted octanol–water partition coefficient (Wildman–Crippen LogP) is 2.91. The van der Waals surface area contributed by atoms with Crippen LogP contribution < -0.4 is 5.32 Å². The molecule has 0 radical (unpaired) electrons. The fraction of sp³-hybridized carbons (Fsp3) is 0.611. The van der Waals surface area contributed by atoms with E-state index in [0.717, 1.165) is 30.8 Å². The molecule has 0 aromatic heterocycles. The molecule has 2 aliphatic rings. The third-order valence-electron chi connectivity index (χ3n) is 4.73. The molecule has 1 aromatic carbocycles. The van der Waals surface area contributed by atoms with Gasteiger partial charge in [0.2, 0.25) is 0 Å². The number of benzene rings is 1. The molecule has 2 fully saturated rings. The van der Waals surface area contributed by atoms with Gasteiger partial charge in [0.1, 0.15) is 0 Å². The minimum Gasteiger partial charge on any atom is -0.335 e. The fourth-order valence-electron chi connectivity index (χ4n) is 3.26. The smallest absolute Gasteiger partial charge is 0.254 e. The second kappa shape index (κ2) is 6.18. The van der Waals surface area contributed by atoms with Gasteiger partial charge in [-0.15, -0.1) is 0 Å². The van der Waals surface area contributed by atoms with E-state index in [1.54, 1.807) is 0 Å². The molecule has 1 aliphatic carbocycles. The van der Waals surface area contributed by atoms with E-state index < -0.39 is 0 Å². The van der Waals surface area contributed by atoms with Gasteiger partial charge in [-0.2, -0.15) is 0 Å². The van der Waals surface area contributed by atoms with Crippen LogP contribution in [0.4, 0.5) is 0 Å². The molecule has 1 saturated carbocycles. The molecular weight excluding hydrogens is 260 g/mol. The number of hydrogen-bond acceptors (Lipinski definition) is 2. The molecule has 0 spiro atoms. The minimum atomic E-state index is 0.240. The van der Waals surface area contributed by atoms with Crippen molar-refractivity contribution in [2.45, 2.75) is 45.6 Å². The van der Waals surface area contributed by atoms with Gasteiger partial charge in [0.25, 0.3) is 5.91 Å². The van der Waals surface area contributed by atoms with E-state index >= 15 is 0 Å². The van der Waals surface area contributed by atoms with Gasteiger partial charge in [-0.3, -0.25) is 4.79 Å². The largest absolute Gasteiger partial charge is 0.335 e. The SMILES string of the molecule is Cc1ccc(C)c(C(=O)N(CC2CCCNC2)C2CC2)c1. The Bertz CT molecular complexity index is 516. The van der Waals surface area contributed by atoms with Crippen LogP contribution in [0.5, 0.6) is 0 Å². The Labute approximate surface area is 127 Å². The van der Waals surface area contributed by atoms with E-state index in [1.165, 1.54) is 31.2 Å². The molecule has 0 bridgehead atoms. The van der Waals surface area contributed by atoms with Crippen molar-refractivity contribution in [3.8, 4) is 0 Å². The first kappa shape index (κ1) is 14.6. The molecule has 114 valence electrons. The molecule has 1 aromatic rings. The number of carbonyl (C=O) groups is 1. The zero-order valence-corrected chi connectivity index (χ0v) is 13.2. The molecule has 3 rings (SSSR count). The van der Waals surface area contributed by atoms with Crippen molar-refractivity contribution < 1.29 is 4.79 Å². The van der Waals surface area contributed by atoms with Gasteiger partial charge in [-0.1, -0.05) is 17.7 Å². The quantitative estimate of drug-likeness (QED) is 0.923. The van der Waals surface area contributed by atoms with Gasteiger partial charge in [-0.25, -0.2) is 0 Å². The van der Waals surface area contributed by atoms with Gasteiger partial charge in [0, 0.05) is 18.2 Å². The highest BCUT2D eigenvalue weighted by Gasteiger charge is 2.35. The van der Waals surface area contributed by atoms with E-state index in [1.807, 2.05) is 13.0 Å². The lowest BCUT2D eigenvalue weighted by atomic mass is 9.98. The van der Waals surface area contributed by atoms with Gasteiger partial charge in [0.05, 0.1) is 0 Å². The second-order valence-corrected chi connectivity index (χ2v) is 6.72. The standard InChI is InChI=1S/C18H26N2O/c1-13-5-6-14(2)17(10-13)18(21)20(16-7-8-16)12-15-4-3-9-19-11-15/h5-6,10,15-16,19H,3-4,7-9,11-12H2,1-2H3. The van der Waals surface area contributed by atoms with E-state index in [-0.39, 0.29) is 5.91 Å². The summed E-state index contributed by atoms with van der Waals surface area (Å²) in [5.41, 5.74) is 3.16. The van der Waals surface area contributed by atoms with Crippen molar-refractivity contribution in [3.63, 3.8) is 0 Å². The number of amides is 1. The molecule has 3 nitrogen and oxygen atoms in total. The number of hydrogen-bond donors (Lipinski definition) is 1. The summed E-state index contributed by atoms with van der Waals surface area (Å²) >= 11 is 0. The summed E-state index contributed by atoms with van der Waals surface area (Å²) < 4.78 is 0. The lowest BCUT2D eigenvalue weighted by molar-refractivity contribution is 0.0703. The number of aryl methyl sites for hydroxylation is 2. The van der Waals surface area contributed by atoms with Crippen LogP contribution in [0, 0.1) is 19.8 Å². The molecule has 1 amide bonds. The maximum absolute atomic E-state index is 13.0. The number of nitrogens with one attached hydrogen (secondary N) is 1. The van der Waals surface area contributed by atoms with Crippen molar-refractivity contribution in [2.75, 3.05) is 19.6 Å². The Hall–Kier alpha value is -1.35. The molecular formula is C18H26N2O. The third-order valence-corrected chi connectivity index (χ3v) is 4.73. The van der Waals surface area contributed by atoms with Crippen molar-refractivity contribution >= 4 is 5.91 Å². The van der Waals surface area contributed by atoms with Gasteiger partial charge in [-0.05, 0) is 70.2 Å². The highest BCUT2D eigenvalue weighted by Crippen LogP contribution is 2.30. The average Bonchev–Trinajstić information content (AvgIpc) is 3.32. The van der Waals surface area contributed by atoms with E-state index in [4.69, 9.17) is 0 Å². The van der Waals surface area contributed by atoms with Crippen LogP contribution in [0.1, 0.15) is 47.2 Å². The zero-order valence-electron chi connectivity index (χ0n) is 13.2. The van der Waals surface area contributed by atoms with Crippen LogP contribution >= 0.6 is 0 Å². The maximum Gasteiger partial charge on any atom is 0.254 e. The van der Waals surface area contributed by atoms with Crippen molar-refractivity contribution in [2.24, 2.45) is 5.92 Å². The highest BCUT2D eigenvalue weighted by atomic mass is 16.2. The second-order valence-electron chi connectivity index (χ2n) is 6.72. The van der Waals surface area contributed by atoms with E-state index in [2.05, 4.69) is 29.3 Å². The normalized spacial score (nSPS) is 22.1. The van der Waals surface area contributed by atoms with Crippen molar-refractivity contribution in [3.05, 3.63) is 34.9 Å². The molecule has 21 heavy (non-hydrogen) atoms. The first-order valence-corrected chi connectivity index (χ1v) is 8.24. The van der Waals surface area contributed by atoms with Crippen LogP contribution in [-0.4, -0.2) is 36.5 Å². The summed E-state index contributed by atoms with van der Waals surface area (Å²) in [5.74, 6) is 0.859. The lowest BCUT2D eigenvalue weighted by Crippen LogP contribution is -2.42. The van der Waals surface area contributed by atoms with Gasteiger partial charge in [0.15, 0.2) is 0 Å². The molecule has 1 heterocycles. The van der Waals surface area contributed by atoms with Crippen LogP contribution in [0.3, 0.4) is 0 Å². The molecule has 3 heteroatoms. The van der Waals surface area contributed by atoms with E-state index in [9.17, 15) is 4.79 Å². The fourth-order valence-corrected chi connectivity index (χ4v) is 3.26. The first-order chi connectivity index (χ1) is 10.1. The van der Waals surface area contributed by atoms with Gasteiger partial charge >= 0.3 is 0 Å². The molecule has 1 saturated heterocycles. The zero-order chi connectivity index (χ0) is 14.8. The summed E-state index contributed by atoms with van der Waals surface area (Å²) in [6.45, 7) is 7.21. The third kappa shape index (κ3) is 3.46. The molecule has 1 atom stereocenters. The lowest BCUT2D eigenvalue weighted by Gasteiger charge is -2.31. The monoisotopic (exact) mass is 286 g/mol. The number of nitrogens with zero attached hydrogens (tertiary/aromatic N) is 1. The Kier molecular flexibility index (Phi) is 4.29. The summed E-state index contributed by atoms with van der Waals surface area (Å²) in [6.07, 6.45) is 4.84. The number of carbonyl (C=O) groups excluding carboxylic acids is 1. The van der Waals surface area contributed by atoms with Gasteiger partial charge < -0.3 is 10.2 Å². The summed E-state index contributed by atoms with van der Waals surface area (Å²) in [4.78, 5) is 15.1. The number of piperidine rings is 1. The first-order valence-electron chi connectivity index (χ1n) is 8.24. The summed E-state index contributed by atoms with van der Waals surface area (Å²) in [7, 11) is 0. The van der Waals surface area contributed by atoms with Crippen LogP contribution in [0.15, 0.2) is 18.2 Å². The Morgan fingerprint density at radius 3 is 2.76 bits per heavy atom. The minimum absolute atomic E-state index is 0.240. The summed E-state index contributed by atoms with van der Waals surface area (Å²) in [5, 5.41) is 3.46. The molecule has 1 N–H and O–H groups in total. The Morgan fingerprint density at radius 2 is 2.10 bits per heavy atom. The maximum atomic E-state index is 13.0. The highest BCUT2D eigenvalue weighted by molar-refractivity contribution is 5.96. The van der Waals surface area contributed by atoms with Crippen LogP contribution in [-0.2, 0) is 0 Å². The Balaban J connectivity index is 1.76. The molecule has 1 unspecified atom stereocenters. The van der Waals surface area contributed by atoms with Crippen molar-refractivity contribution in [1.29, 1.82) is 0 Å². The predicted molar refractivity (Wildman–Crippen MR) is 85.6 cm³/mol. The van der Waals surface area contributed by atoms with Crippen molar-refractivity contribution in [1.82, 2.24) is 10.2 Å². The van der Waals surface area contributed by atoms with Crippen LogP contribution in [0.25, 0.3) is 0 Å². The average molecular weight is 286 g/mol. The van der Waals surface area contributed by atoms with E-state index in [0.29, 0.717) is 12.0 Å². The topological polar surface area (TPSA) is 32.3 Å². The summed E-state index contributed by atoms with van der Waals surface area (Å²) in [6, 6.07) is 6.68. The Morgan fingerprint density at radius 1 is 1.29 bits per heavy atom.